The first-order chi connectivity index (χ1) is 20.0. The lowest BCUT2D eigenvalue weighted by Gasteiger charge is -2.50. The molecule has 7 N–H and O–H groups in total. The van der Waals surface area contributed by atoms with Crippen molar-refractivity contribution < 1.29 is 39.2 Å². The Hall–Kier alpha value is -3.28. The van der Waals surface area contributed by atoms with Crippen LogP contribution in [0.1, 0.15) is 67.9 Å². The molecule has 5 aliphatic carbocycles. The molecule has 1 aromatic carbocycles. The molecular formula is C32H40FN3O7. The minimum absolute atomic E-state index is 0.00871. The Bertz CT molecular complexity index is 1550. The number of nitrogens with two attached hydrogens (primary N) is 1. The number of Topliss-reactive ketones (excluding diaryl/α,β-unsaturated/α-hetero) is 2. The van der Waals surface area contributed by atoms with Gasteiger partial charge in [-0.15, -0.1) is 0 Å². The third-order valence-corrected chi connectivity index (χ3v) is 12.1. The van der Waals surface area contributed by atoms with E-state index in [-0.39, 0.29) is 58.5 Å². The molecule has 0 heterocycles. The van der Waals surface area contributed by atoms with Crippen LogP contribution in [0.3, 0.4) is 0 Å². The van der Waals surface area contributed by atoms with E-state index in [1.807, 2.05) is 0 Å². The van der Waals surface area contributed by atoms with E-state index >= 15 is 4.39 Å². The quantitative estimate of drug-likeness (QED) is 0.279. The third kappa shape index (κ3) is 3.70. The summed E-state index contributed by atoms with van der Waals surface area (Å²) in [7, 11) is 3.12. The zero-order valence-corrected chi connectivity index (χ0v) is 25.1. The highest BCUT2D eigenvalue weighted by molar-refractivity contribution is 6.24. The molecule has 6 rings (SSSR count). The maximum atomic E-state index is 16.2. The Kier molecular flexibility index (Phi) is 6.48. The highest BCUT2D eigenvalue weighted by atomic mass is 19.1. The van der Waals surface area contributed by atoms with Gasteiger partial charge in [0, 0.05) is 35.2 Å². The molecule has 11 heteroatoms. The number of primary amides is 1. The van der Waals surface area contributed by atoms with Crippen LogP contribution in [0.5, 0.6) is 5.75 Å². The number of nitrogens with one attached hydrogen (secondary N) is 1. The zero-order valence-electron chi connectivity index (χ0n) is 25.1. The monoisotopic (exact) mass is 597 g/mol. The molecule has 5 aliphatic rings. The van der Waals surface area contributed by atoms with Crippen molar-refractivity contribution in [2.24, 2.45) is 34.3 Å². The van der Waals surface area contributed by atoms with Gasteiger partial charge in [0.05, 0.1) is 11.6 Å². The summed E-state index contributed by atoms with van der Waals surface area (Å²) in [6.07, 6.45) is 3.08. The molecule has 2 unspecified atom stereocenters. The van der Waals surface area contributed by atoms with Gasteiger partial charge in [-0.1, -0.05) is 20.8 Å². The van der Waals surface area contributed by atoms with Gasteiger partial charge < -0.3 is 31.5 Å². The summed E-state index contributed by atoms with van der Waals surface area (Å²) in [4.78, 5) is 40.8. The molecule has 2 bridgehead atoms. The van der Waals surface area contributed by atoms with Crippen LogP contribution in [0, 0.1) is 34.4 Å². The van der Waals surface area contributed by atoms with E-state index in [1.54, 1.807) is 14.1 Å². The minimum Gasteiger partial charge on any atom is -0.510 e. The summed E-state index contributed by atoms with van der Waals surface area (Å²) in [6, 6.07) is 0.296. The fraction of sp³-hybridized carbons (Fsp3) is 0.594. The molecule has 0 saturated heterocycles. The van der Waals surface area contributed by atoms with Gasteiger partial charge in [-0.3, -0.25) is 19.3 Å². The summed E-state index contributed by atoms with van der Waals surface area (Å²) in [5.41, 5.74) is 1.59. The number of aliphatic hydroxyl groups is 3. The molecule has 1 aromatic rings. The van der Waals surface area contributed by atoms with E-state index in [2.05, 4.69) is 26.1 Å². The van der Waals surface area contributed by atoms with Crippen molar-refractivity contribution in [3.8, 4) is 5.75 Å². The number of carbonyl (C=O) groups is 3. The van der Waals surface area contributed by atoms with Gasteiger partial charge in [0.1, 0.15) is 28.7 Å². The lowest BCUT2D eigenvalue weighted by molar-refractivity contribution is -0.148. The van der Waals surface area contributed by atoms with Crippen molar-refractivity contribution >= 4 is 17.5 Å². The van der Waals surface area contributed by atoms with E-state index < -0.39 is 69.6 Å². The van der Waals surface area contributed by atoms with Gasteiger partial charge in [0.2, 0.25) is 5.78 Å². The summed E-state index contributed by atoms with van der Waals surface area (Å²) in [6.45, 7) is 7.02. The van der Waals surface area contributed by atoms with Crippen LogP contribution in [0.4, 0.5) is 4.39 Å². The maximum absolute atomic E-state index is 16.2. The third-order valence-electron chi connectivity index (χ3n) is 12.1. The van der Waals surface area contributed by atoms with Gasteiger partial charge in [0.25, 0.3) is 5.91 Å². The lowest BCUT2D eigenvalue weighted by Crippen LogP contribution is -2.63. The topological polar surface area (TPSA) is 173 Å². The van der Waals surface area contributed by atoms with Crippen LogP contribution in [-0.2, 0) is 22.6 Å². The number of halogens is 1. The van der Waals surface area contributed by atoms with E-state index in [9.17, 15) is 34.8 Å². The highest BCUT2D eigenvalue weighted by Crippen LogP contribution is 2.65. The van der Waals surface area contributed by atoms with Gasteiger partial charge in [-0.2, -0.15) is 0 Å². The van der Waals surface area contributed by atoms with Crippen LogP contribution in [0.2, 0.25) is 0 Å². The van der Waals surface area contributed by atoms with Gasteiger partial charge in [-0.05, 0) is 74.9 Å². The van der Waals surface area contributed by atoms with Crippen LogP contribution < -0.4 is 11.1 Å². The molecule has 0 aromatic heterocycles. The molecule has 0 radical (unpaired) electrons. The molecular weight excluding hydrogens is 557 g/mol. The fourth-order valence-corrected chi connectivity index (χ4v) is 9.23. The molecule has 10 nitrogen and oxygen atoms in total. The van der Waals surface area contributed by atoms with Gasteiger partial charge >= 0.3 is 0 Å². The number of phenols is 1. The summed E-state index contributed by atoms with van der Waals surface area (Å²) >= 11 is 0. The van der Waals surface area contributed by atoms with Crippen LogP contribution in [0.25, 0.3) is 0 Å². The molecule has 43 heavy (non-hydrogen) atoms. The van der Waals surface area contributed by atoms with Crippen LogP contribution in [0.15, 0.2) is 28.7 Å². The molecule has 2 saturated carbocycles. The number of phenolic OH excluding ortho intramolecular Hbond substituents is 1. The number of nitrogens with zero attached hydrogens (tertiary/aromatic N) is 1. The predicted molar refractivity (Wildman–Crippen MR) is 153 cm³/mol. The summed E-state index contributed by atoms with van der Waals surface area (Å²) in [5, 5.41) is 48.5. The van der Waals surface area contributed by atoms with E-state index in [1.165, 1.54) is 17.4 Å². The smallest absolute Gasteiger partial charge is 0.255 e. The second-order valence-electron chi connectivity index (χ2n) is 14.2. The summed E-state index contributed by atoms with van der Waals surface area (Å²) in [5.74, 6) is -7.59. The Morgan fingerprint density at radius 2 is 1.84 bits per heavy atom. The van der Waals surface area contributed by atoms with Gasteiger partial charge in [0.15, 0.2) is 11.4 Å². The SMILES string of the molecule is CN(C)[C@@H]1C(O)=C(C(N)=O)C(=O)[C@@]2(O)C(O)=C3C(=O)c4c(O)cc(CN[C@H]5CC6CCC5(C)C6(C)C)c(F)c4C[C@H]3C[C@@H]12. The number of hydrogen-bond donors (Lipinski definition) is 6. The number of aliphatic hydroxyl groups excluding tert-OH is 2. The minimum atomic E-state index is -2.73. The first-order valence-electron chi connectivity index (χ1n) is 14.9. The largest absolute Gasteiger partial charge is 0.510 e. The number of rotatable bonds is 5. The van der Waals surface area contributed by atoms with Crippen molar-refractivity contribution in [3.63, 3.8) is 0 Å². The van der Waals surface area contributed by atoms with E-state index in [0.29, 0.717) is 5.92 Å². The number of fused-ring (bicyclic) bond motifs is 5. The predicted octanol–water partition coefficient (Wildman–Crippen LogP) is 2.56. The fourth-order valence-electron chi connectivity index (χ4n) is 9.23. The number of benzene rings is 1. The van der Waals surface area contributed by atoms with Crippen molar-refractivity contribution in [3.05, 3.63) is 51.2 Å². The van der Waals surface area contributed by atoms with Crippen LogP contribution >= 0.6 is 0 Å². The Labute approximate surface area is 249 Å². The average Bonchev–Trinajstić information content (AvgIpc) is 3.25. The molecule has 7 atom stereocenters. The number of amides is 1. The van der Waals surface area contributed by atoms with E-state index in [4.69, 9.17) is 5.73 Å². The number of hydrogen-bond acceptors (Lipinski definition) is 9. The molecule has 232 valence electrons. The number of likely N-dealkylation sites (N-methyl/N-ethyl adjacent to an activating group) is 1. The van der Waals surface area contributed by atoms with Crippen molar-refractivity contribution in [1.82, 2.24) is 10.2 Å². The second kappa shape index (κ2) is 9.36. The molecule has 1 amide bonds. The number of aromatic hydroxyl groups is 1. The summed E-state index contributed by atoms with van der Waals surface area (Å²) < 4.78 is 16.2. The Morgan fingerprint density at radius 3 is 2.40 bits per heavy atom. The van der Waals surface area contributed by atoms with Crippen molar-refractivity contribution in [2.75, 3.05) is 14.1 Å². The molecule has 0 aliphatic heterocycles. The van der Waals surface area contributed by atoms with Crippen molar-refractivity contribution in [1.29, 1.82) is 0 Å². The van der Waals surface area contributed by atoms with Gasteiger partial charge in [-0.25, -0.2) is 4.39 Å². The van der Waals surface area contributed by atoms with E-state index in [0.717, 1.165) is 12.8 Å². The number of allylic oxidation sites excluding steroid dienone is 1. The maximum Gasteiger partial charge on any atom is 0.255 e. The molecule has 0 spiro atoms. The second-order valence-corrected chi connectivity index (χ2v) is 14.2. The Balaban J connectivity index is 1.37. The zero-order chi connectivity index (χ0) is 31.5. The highest BCUT2D eigenvalue weighted by Gasteiger charge is 2.64. The van der Waals surface area contributed by atoms with Crippen LogP contribution in [-0.4, -0.2) is 74.6 Å². The first kappa shape index (κ1) is 29.8. The van der Waals surface area contributed by atoms with Crippen molar-refractivity contribution in [2.45, 2.75) is 77.1 Å². The standard InChI is InChI=1S/C32H40FN3O7/c1-30(2)15-6-7-31(30,3)19(11-15)35-12-14-10-18(37)21-16(23(14)33)8-13-9-17-24(36(4)5)26(39)22(29(34)42)28(41)32(17,43)27(40)20(13)25(21)38/h10,13,15,17,19,24,35,37,39-40,43H,6-9,11-12H2,1-5H3,(H2,34,42)/t13-,15?,17-,19-,24-,31?,32-/m0/s1. The Morgan fingerprint density at radius 1 is 1.16 bits per heavy atom. The number of carbonyl (C=O) groups excluding carboxylic acids is 3. The first-order valence-corrected chi connectivity index (χ1v) is 14.9. The molecule has 2 fully saturated rings. The average molecular weight is 598 g/mol. The number of ketones is 2. The normalized spacial score (nSPS) is 36.2. The lowest BCUT2D eigenvalue weighted by atomic mass is 9.58.